The number of nitrogens with two attached hydrogens (primary N) is 2. The highest BCUT2D eigenvalue weighted by Gasteiger charge is 2.12. The number of anilines is 2. The van der Waals surface area contributed by atoms with E-state index in [1.165, 1.54) is 0 Å². The van der Waals surface area contributed by atoms with Crippen molar-refractivity contribution in [2.75, 3.05) is 44.0 Å². The Morgan fingerprint density at radius 3 is 2.78 bits per heavy atom. The summed E-state index contributed by atoms with van der Waals surface area (Å²) in [5, 5.41) is 8.58. The lowest BCUT2D eigenvalue weighted by Crippen LogP contribution is -2.26. The minimum absolute atomic E-state index is 0.00186. The Labute approximate surface area is 106 Å². The van der Waals surface area contributed by atoms with Gasteiger partial charge in [-0.25, -0.2) is 0 Å². The van der Waals surface area contributed by atoms with Gasteiger partial charge in [-0.15, -0.1) is 0 Å². The van der Waals surface area contributed by atoms with E-state index in [0.29, 0.717) is 36.7 Å². The summed E-state index contributed by atoms with van der Waals surface area (Å²) in [6.45, 7) is 1.35. The predicted octanol–water partition coefficient (Wildman–Crippen LogP) is -0.187. The monoisotopic (exact) mass is 253 g/mol. The van der Waals surface area contributed by atoms with E-state index in [0.717, 1.165) is 0 Å². The van der Waals surface area contributed by atoms with Gasteiger partial charge in [-0.1, -0.05) is 0 Å². The number of carbonyl (C=O) groups excluding carboxylic acids is 1. The van der Waals surface area contributed by atoms with E-state index in [9.17, 15) is 4.79 Å². The number of benzene rings is 1. The van der Waals surface area contributed by atoms with Gasteiger partial charge in [-0.3, -0.25) is 4.79 Å². The molecule has 6 nitrogen and oxygen atoms in total. The van der Waals surface area contributed by atoms with Gasteiger partial charge in [0.1, 0.15) is 0 Å². The number of ether oxygens (including phenoxy) is 1. The SMILES string of the molecule is CN(CCOCCO)c1ccc(N)cc1C(N)=O. The molecule has 0 saturated heterocycles. The summed E-state index contributed by atoms with van der Waals surface area (Å²) in [7, 11) is 1.83. The van der Waals surface area contributed by atoms with Crippen LogP contribution in [0.2, 0.25) is 0 Å². The van der Waals surface area contributed by atoms with Crippen LogP contribution in [0.1, 0.15) is 10.4 Å². The lowest BCUT2D eigenvalue weighted by Gasteiger charge is -2.21. The van der Waals surface area contributed by atoms with Crippen LogP contribution >= 0.6 is 0 Å². The second-order valence-corrected chi connectivity index (χ2v) is 3.90. The van der Waals surface area contributed by atoms with Gasteiger partial charge in [0, 0.05) is 25.0 Å². The normalized spacial score (nSPS) is 10.3. The average molecular weight is 253 g/mol. The van der Waals surface area contributed by atoms with Gasteiger partial charge in [0.05, 0.1) is 25.4 Å². The lowest BCUT2D eigenvalue weighted by atomic mass is 10.1. The summed E-state index contributed by atoms with van der Waals surface area (Å²) in [6.07, 6.45) is 0. The predicted molar refractivity (Wildman–Crippen MR) is 70.5 cm³/mol. The zero-order chi connectivity index (χ0) is 13.5. The van der Waals surface area contributed by atoms with Crippen molar-refractivity contribution in [3.8, 4) is 0 Å². The van der Waals surface area contributed by atoms with Crippen LogP contribution in [0, 0.1) is 0 Å². The van der Waals surface area contributed by atoms with Crippen LogP contribution in [0.5, 0.6) is 0 Å². The number of aliphatic hydroxyl groups is 1. The zero-order valence-electron chi connectivity index (χ0n) is 10.4. The molecule has 0 aliphatic rings. The number of amides is 1. The minimum atomic E-state index is -0.513. The third kappa shape index (κ3) is 3.90. The third-order valence-corrected chi connectivity index (χ3v) is 2.50. The molecule has 100 valence electrons. The Morgan fingerprint density at radius 1 is 1.44 bits per heavy atom. The molecule has 0 saturated carbocycles. The molecule has 0 heterocycles. The number of rotatable bonds is 7. The molecule has 6 heteroatoms. The van der Waals surface area contributed by atoms with Gasteiger partial charge in [-0.2, -0.15) is 0 Å². The fourth-order valence-electron chi connectivity index (χ4n) is 1.57. The number of aliphatic hydroxyl groups excluding tert-OH is 1. The van der Waals surface area contributed by atoms with Gasteiger partial charge in [0.2, 0.25) is 0 Å². The van der Waals surface area contributed by atoms with Gasteiger partial charge < -0.3 is 26.2 Å². The van der Waals surface area contributed by atoms with Gasteiger partial charge in [0.25, 0.3) is 5.91 Å². The van der Waals surface area contributed by atoms with E-state index in [4.69, 9.17) is 21.3 Å². The molecule has 0 aliphatic heterocycles. The summed E-state index contributed by atoms with van der Waals surface area (Å²) in [5.41, 5.74) is 12.5. The van der Waals surface area contributed by atoms with Gasteiger partial charge >= 0.3 is 0 Å². The number of carbonyl (C=O) groups is 1. The fourth-order valence-corrected chi connectivity index (χ4v) is 1.57. The molecule has 18 heavy (non-hydrogen) atoms. The van der Waals surface area contributed by atoms with Crippen molar-refractivity contribution in [3.63, 3.8) is 0 Å². The summed E-state index contributed by atoms with van der Waals surface area (Å²) >= 11 is 0. The van der Waals surface area contributed by atoms with E-state index in [1.54, 1.807) is 18.2 Å². The largest absolute Gasteiger partial charge is 0.399 e. The van der Waals surface area contributed by atoms with Crippen molar-refractivity contribution in [2.24, 2.45) is 5.73 Å². The van der Waals surface area contributed by atoms with Gasteiger partial charge in [0.15, 0.2) is 0 Å². The number of likely N-dealkylation sites (N-methyl/N-ethyl adjacent to an activating group) is 1. The van der Waals surface area contributed by atoms with Crippen LogP contribution in [-0.2, 0) is 4.74 Å². The van der Waals surface area contributed by atoms with Crippen LogP contribution in [-0.4, -0.2) is 44.4 Å². The van der Waals surface area contributed by atoms with E-state index < -0.39 is 5.91 Å². The first kappa shape index (κ1) is 14.3. The third-order valence-electron chi connectivity index (χ3n) is 2.50. The standard InChI is InChI=1S/C12H19N3O3/c1-15(4-6-18-7-5-16)11-3-2-9(13)8-10(11)12(14)17/h2-3,8,16H,4-7,13H2,1H3,(H2,14,17). The van der Waals surface area contributed by atoms with Crippen LogP contribution in [0.15, 0.2) is 18.2 Å². The van der Waals surface area contributed by atoms with Crippen molar-refractivity contribution in [1.82, 2.24) is 0 Å². The highest BCUT2D eigenvalue weighted by molar-refractivity contribution is 5.99. The quantitative estimate of drug-likeness (QED) is 0.462. The Hall–Kier alpha value is -1.79. The Kier molecular flexibility index (Phi) is 5.41. The molecule has 5 N–H and O–H groups in total. The number of nitrogens with zero attached hydrogens (tertiary/aromatic N) is 1. The van der Waals surface area contributed by atoms with Crippen LogP contribution in [0.25, 0.3) is 0 Å². The molecule has 0 spiro atoms. The average Bonchev–Trinajstić information content (AvgIpc) is 2.34. The Morgan fingerprint density at radius 2 is 2.17 bits per heavy atom. The first-order valence-electron chi connectivity index (χ1n) is 5.65. The second-order valence-electron chi connectivity index (χ2n) is 3.90. The molecule has 1 aromatic rings. The summed E-state index contributed by atoms with van der Waals surface area (Å²) in [5.74, 6) is -0.513. The van der Waals surface area contributed by atoms with E-state index in [2.05, 4.69) is 0 Å². The first-order chi connectivity index (χ1) is 8.56. The number of hydrogen-bond donors (Lipinski definition) is 3. The smallest absolute Gasteiger partial charge is 0.250 e. The lowest BCUT2D eigenvalue weighted by molar-refractivity contribution is 0.0969. The molecule has 1 aromatic carbocycles. The molecule has 0 atom stereocenters. The molecule has 1 rings (SSSR count). The molecular formula is C12H19N3O3. The van der Waals surface area contributed by atoms with Crippen molar-refractivity contribution >= 4 is 17.3 Å². The molecular weight excluding hydrogens is 234 g/mol. The maximum Gasteiger partial charge on any atom is 0.250 e. The Balaban J connectivity index is 2.72. The Bertz CT molecular complexity index is 410. The molecule has 0 radical (unpaired) electrons. The first-order valence-corrected chi connectivity index (χ1v) is 5.65. The van der Waals surface area contributed by atoms with Crippen LogP contribution in [0.3, 0.4) is 0 Å². The summed E-state index contributed by atoms with van der Waals surface area (Å²) in [4.78, 5) is 13.2. The van der Waals surface area contributed by atoms with Crippen molar-refractivity contribution in [3.05, 3.63) is 23.8 Å². The fraction of sp³-hybridized carbons (Fsp3) is 0.417. The number of nitrogen functional groups attached to an aromatic ring is 1. The maximum absolute atomic E-state index is 11.3. The van der Waals surface area contributed by atoms with E-state index in [-0.39, 0.29) is 6.61 Å². The highest BCUT2D eigenvalue weighted by atomic mass is 16.5. The number of primary amides is 1. The van der Waals surface area contributed by atoms with Crippen LogP contribution in [0.4, 0.5) is 11.4 Å². The maximum atomic E-state index is 11.3. The highest BCUT2D eigenvalue weighted by Crippen LogP contribution is 2.21. The molecule has 0 unspecified atom stereocenters. The summed E-state index contributed by atoms with van der Waals surface area (Å²) < 4.78 is 5.17. The van der Waals surface area contributed by atoms with Gasteiger partial charge in [-0.05, 0) is 18.2 Å². The van der Waals surface area contributed by atoms with Crippen molar-refractivity contribution < 1.29 is 14.6 Å². The zero-order valence-corrected chi connectivity index (χ0v) is 10.4. The molecule has 0 aliphatic carbocycles. The van der Waals surface area contributed by atoms with Crippen molar-refractivity contribution in [1.29, 1.82) is 0 Å². The molecule has 0 aromatic heterocycles. The summed E-state index contributed by atoms with van der Waals surface area (Å²) in [6, 6.07) is 5.02. The van der Waals surface area contributed by atoms with Crippen LogP contribution < -0.4 is 16.4 Å². The molecule has 0 fully saturated rings. The minimum Gasteiger partial charge on any atom is -0.399 e. The van der Waals surface area contributed by atoms with E-state index >= 15 is 0 Å². The van der Waals surface area contributed by atoms with E-state index in [1.807, 2.05) is 11.9 Å². The van der Waals surface area contributed by atoms with Crippen molar-refractivity contribution in [2.45, 2.75) is 0 Å². The number of hydrogen-bond acceptors (Lipinski definition) is 5. The molecule has 1 amide bonds. The second kappa shape index (κ2) is 6.83. The molecule has 0 bridgehead atoms. The topological polar surface area (TPSA) is 102 Å².